The molecule has 2 aromatic carbocycles. The molecule has 9 nitrogen and oxygen atoms in total. The predicted octanol–water partition coefficient (Wildman–Crippen LogP) is 3.64. The number of allylic oxidation sites excluding steroid dienone is 1. The van der Waals surface area contributed by atoms with Crippen LogP contribution >= 0.6 is 0 Å². The third kappa shape index (κ3) is 4.82. The monoisotopic (exact) mass is 435 g/mol. The summed E-state index contributed by atoms with van der Waals surface area (Å²) in [5, 5.41) is 19.7. The summed E-state index contributed by atoms with van der Waals surface area (Å²) in [6, 6.07) is 12.4. The highest BCUT2D eigenvalue weighted by atomic mass is 16.5. The Kier molecular flexibility index (Phi) is 6.98. The van der Waals surface area contributed by atoms with Gasteiger partial charge in [0.05, 0.1) is 32.4 Å². The van der Waals surface area contributed by atoms with Crippen LogP contribution in [0.25, 0.3) is 22.7 Å². The summed E-state index contributed by atoms with van der Waals surface area (Å²) in [6.07, 6.45) is 2.68. The van der Waals surface area contributed by atoms with Gasteiger partial charge in [-0.25, -0.2) is 9.78 Å². The lowest BCUT2D eigenvalue weighted by Crippen LogP contribution is -2.06. The maximum absolute atomic E-state index is 12.1. The summed E-state index contributed by atoms with van der Waals surface area (Å²) in [5.74, 6) is 0.359. The molecule has 0 aliphatic heterocycles. The standard InChI is InChI=1S/C23H21N3O6/c1-29-19-10-14(11-20(30-2)22(19)31-3)8-9-21(28)32-13-18(27)15(12-24)23-25-16-6-4-5-7-17(16)26-23/h4-11,27H,13H2,1-3H3,(H,25,26). The summed E-state index contributed by atoms with van der Waals surface area (Å²) in [7, 11) is 4.47. The number of aliphatic hydroxyl groups is 1. The highest BCUT2D eigenvalue weighted by molar-refractivity contribution is 5.88. The Hall–Kier alpha value is -4.45. The van der Waals surface area contributed by atoms with Crippen molar-refractivity contribution in [1.29, 1.82) is 5.26 Å². The highest BCUT2D eigenvalue weighted by Crippen LogP contribution is 2.38. The largest absolute Gasteiger partial charge is 0.507 e. The average Bonchev–Trinajstić information content (AvgIpc) is 3.24. The van der Waals surface area contributed by atoms with Gasteiger partial charge in [-0.05, 0) is 35.9 Å². The van der Waals surface area contributed by atoms with Crippen LogP contribution in [0.4, 0.5) is 0 Å². The van der Waals surface area contributed by atoms with Crippen molar-refractivity contribution in [3.05, 3.63) is 59.6 Å². The topological polar surface area (TPSA) is 127 Å². The fourth-order valence-electron chi connectivity index (χ4n) is 2.95. The van der Waals surface area contributed by atoms with Gasteiger partial charge in [0.25, 0.3) is 0 Å². The third-order valence-corrected chi connectivity index (χ3v) is 4.48. The molecule has 0 aliphatic rings. The molecule has 0 fully saturated rings. The van der Waals surface area contributed by atoms with Gasteiger partial charge in [-0.3, -0.25) is 0 Å². The molecule has 9 heteroatoms. The van der Waals surface area contributed by atoms with Crippen molar-refractivity contribution < 1.29 is 28.8 Å². The van der Waals surface area contributed by atoms with E-state index in [4.69, 9.17) is 18.9 Å². The normalized spacial score (nSPS) is 11.7. The van der Waals surface area contributed by atoms with Crippen LogP contribution in [0.3, 0.4) is 0 Å². The average molecular weight is 435 g/mol. The number of aromatic amines is 1. The molecular formula is C23H21N3O6. The van der Waals surface area contributed by atoms with Crippen molar-refractivity contribution in [1.82, 2.24) is 9.97 Å². The second-order valence-corrected chi connectivity index (χ2v) is 6.44. The number of H-pyrrole nitrogens is 1. The molecule has 32 heavy (non-hydrogen) atoms. The van der Waals surface area contributed by atoms with E-state index in [-0.39, 0.29) is 11.4 Å². The van der Waals surface area contributed by atoms with Crippen LogP contribution in [-0.2, 0) is 9.53 Å². The van der Waals surface area contributed by atoms with E-state index in [0.717, 1.165) is 0 Å². The van der Waals surface area contributed by atoms with E-state index in [0.29, 0.717) is 33.8 Å². The fraction of sp³-hybridized carbons (Fsp3) is 0.174. The SMILES string of the molecule is COc1cc(C=CC(=O)OCC(O)=C(C#N)c2nc3ccccc3[nH]2)cc(OC)c1OC. The van der Waals surface area contributed by atoms with Gasteiger partial charge in [0.2, 0.25) is 5.75 Å². The number of para-hydroxylation sites is 2. The number of benzene rings is 2. The molecule has 0 saturated carbocycles. The summed E-state index contributed by atoms with van der Waals surface area (Å²) in [5.41, 5.74) is 1.86. The number of fused-ring (bicyclic) bond motifs is 1. The Morgan fingerprint density at radius 2 is 1.84 bits per heavy atom. The maximum atomic E-state index is 12.1. The Morgan fingerprint density at radius 3 is 2.44 bits per heavy atom. The number of imidazole rings is 1. The van der Waals surface area contributed by atoms with Crippen LogP contribution in [-0.4, -0.2) is 49.0 Å². The molecule has 0 saturated heterocycles. The Balaban J connectivity index is 1.72. The van der Waals surface area contributed by atoms with Gasteiger partial charge < -0.3 is 29.0 Å². The first-order valence-corrected chi connectivity index (χ1v) is 9.42. The van der Waals surface area contributed by atoms with Crippen molar-refractivity contribution in [2.24, 2.45) is 0 Å². The number of aromatic nitrogens is 2. The third-order valence-electron chi connectivity index (χ3n) is 4.48. The summed E-state index contributed by atoms with van der Waals surface area (Å²) >= 11 is 0. The lowest BCUT2D eigenvalue weighted by Gasteiger charge is -2.12. The number of ether oxygens (including phenoxy) is 4. The number of carbonyl (C=O) groups excluding carboxylic acids is 1. The summed E-state index contributed by atoms with van der Waals surface area (Å²) in [4.78, 5) is 19.3. The molecule has 3 aromatic rings. The van der Waals surface area contributed by atoms with Crippen molar-refractivity contribution in [3.8, 4) is 23.3 Å². The number of aliphatic hydroxyl groups excluding tert-OH is 1. The number of nitrogens with zero attached hydrogens (tertiary/aromatic N) is 2. The molecule has 0 atom stereocenters. The number of nitriles is 1. The van der Waals surface area contributed by atoms with Gasteiger partial charge in [-0.1, -0.05) is 12.1 Å². The number of hydrogen-bond acceptors (Lipinski definition) is 8. The van der Waals surface area contributed by atoms with Gasteiger partial charge in [0, 0.05) is 6.08 Å². The zero-order valence-corrected chi connectivity index (χ0v) is 17.7. The quantitative estimate of drug-likeness (QED) is 0.238. The Morgan fingerprint density at radius 1 is 1.16 bits per heavy atom. The van der Waals surface area contributed by atoms with Gasteiger partial charge in [0.15, 0.2) is 23.1 Å². The molecule has 0 spiro atoms. The van der Waals surface area contributed by atoms with Crippen LogP contribution in [0.2, 0.25) is 0 Å². The van der Waals surface area contributed by atoms with E-state index in [1.807, 2.05) is 18.2 Å². The van der Waals surface area contributed by atoms with Gasteiger partial charge in [-0.15, -0.1) is 0 Å². The fourth-order valence-corrected chi connectivity index (χ4v) is 2.95. The number of rotatable bonds is 8. The summed E-state index contributed by atoms with van der Waals surface area (Å²) < 4.78 is 20.9. The zero-order valence-electron chi connectivity index (χ0n) is 17.7. The van der Waals surface area contributed by atoms with Crippen LogP contribution < -0.4 is 14.2 Å². The molecule has 0 unspecified atom stereocenters. The molecule has 0 bridgehead atoms. The Bertz CT molecular complexity index is 1180. The molecular weight excluding hydrogens is 414 g/mol. The molecule has 0 amide bonds. The minimum Gasteiger partial charge on any atom is -0.507 e. The van der Waals surface area contributed by atoms with Crippen molar-refractivity contribution in [3.63, 3.8) is 0 Å². The second kappa shape index (κ2) is 10.0. The van der Waals surface area contributed by atoms with E-state index in [1.165, 1.54) is 33.5 Å². The first kappa shape index (κ1) is 22.2. The first-order chi connectivity index (χ1) is 15.5. The van der Waals surface area contributed by atoms with Crippen LogP contribution in [0.15, 0.2) is 48.2 Å². The molecule has 3 rings (SSSR count). The minimum absolute atomic E-state index is 0.109. The summed E-state index contributed by atoms with van der Waals surface area (Å²) in [6.45, 7) is -0.488. The lowest BCUT2D eigenvalue weighted by atomic mass is 10.1. The molecule has 1 aromatic heterocycles. The second-order valence-electron chi connectivity index (χ2n) is 6.44. The van der Waals surface area contributed by atoms with Crippen molar-refractivity contribution in [2.45, 2.75) is 0 Å². The van der Waals surface area contributed by atoms with Gasteiger partial charge in [-0.2, -0.15) is 5.26 Å². The van der Waals surface area contributed by atoms with Gasteiger partial charge in [0.1, 0.15) is 18.2 Å². The van der Waals surface area contributed by atoms with Crippen molar-refractivity contribution >= 4 is 28.7 Å². The van der Waals surface area contributed by atoms with E-state index < -0.39 is 18.3 Å². The van der Waals surface area contributed by atoms with E-state index in [1.54, 1.807) is 24.3 Å². The van der Waals surface area contributed by atoms with E-state index in [9.17, 15) is 15.2 Å². The molecule has 0 radical (unpaired) electrons. The molecule has 0 aliphatic carbocycles. The predicted molar refractivity (Wildman–Crippen MR) is 117 cm³/mol. The van der Waals surface area contributed by atoms with Crippen molar-refractivity contribution in [2.75, 3.05) is 27.9 Å². The minimum atomic E-state index is -0.716. The lowest BCUT2D eigenvalue weighted by molar-refractivity contribution is -0.137. The number of carbonyl (C=O) groups is 1. The maximum Gasteiger partial charge on any atom is 0.331 e. The van der Waals surface area contributed by atoms with E-state index in [2.05, 4.69) is 9.97 Å². The van der Waals surface area contributed by atoms with E-state index >= 15 is 0 Å². The zero-order chi connectivity index (χ0) is 23.1. The van der Waals surface area contributed by atoms with Crippen LogP contribution in [0.1, 0.15) is 11.4 Å². The number of nitrogens with one attached hydrogen (secondary N) is 1. The first-order valence-electron chi connectivity index (χ1n) is 9.42. The smallest absolute Gasteiger partial charge is 0.331 e. The number of esters is 1. The molecule has 164 valence electrons. The number of methoxy groups -OCH3 is 3. The van der Waals surface area contributed by atoms with Crippen LogP contribution in [0.5, 0.6) is 17.2 Å². The highest BCUT2D eigenvalue weighted by Gasteiger charge is 2.15. The Labute approximate surface area is 184 Å². The van der Waals surface area contributed by atoms with Crippen LogP contribution in [0, 0.1) is 11.3 Å². The molecule has 2 N–H and O–H groups in total. The number of hydrogen-bond donors (Lipinski definition) is 2. The molecule has 1 heterocycles. The van der Waals surface area contributed by atoms with Gasteiger partial charge >= 0.3 is 5.97 Å².